The van der Waals surface area contributed by atoms with Gasteiger partial charge in [-0.1, -0.05) is 24.2 Å². The van der Waals surface area contributed by atoms with Crippen molar-refractivity contribution in [3.8, 4) is 0 Å². The first-order valence-corrected chi connectivity index (χ1v) is 9.77. The molecular formula is C18H19F3N4O2S. The molecule has 150 valence electrons. The standard InChI is InChI=1S/C18H19F3N4O2S/c19-18(20,21)11-5-4-8-13(9-11)22-15(26)10-14-16(27)23-17(28-14)25-24-12-6-2-1-3-7-12/h4-5,8-9,14H,1-3,6-7,10H2,(H,22,26)(H,23,25,27)/t14-/m0/s1. The smallest absolute Gasteiger partial charge is 0.326 e. The molecule has 0 spiro atoms. The van der Waals surface area contributed by atoms with E-state index in [1.165, 1.54) is 18.6 Å². The van der Waals surface area contributed by atoms with E-state index in [1.807, 2.05) is 0 Å². The van der Waals surface area contributed by atoms with Gasteiger partial charge in [0.2, 0.25) is 11.8 Å². The number of nitrogens with one attached hydrogen (secondary N) is 2. The van der Waals surface area contributed by atoms with Gasteiger partial charge in [-0.3, -0.25) is 9.59 Å². The molecule has 6 nitrogen and oxygen atoms in total. The summed E-state index contributed by atoms with van der Waals surface area (Å²) in [6, 6.07) is 4.35. The first-order valence-electron chi connectivity index (χ1n) is 8.89. The lowest BCUT2D eigenvalue weighted by Crippen LogP contribution is -2.28. The normalized spacial score (nSPS) is 21.5. The molecule has 1 atom stereocenters. The minimum atomic E-state index is -4.49. The highest BCUT2D eigenvalue weighted by Gasteiger charge is 2.33. The van der Waals surface area contributed by atoms with Crippen LogP contribution in [0.2, 0.25) is 0 Å². The Bertz CT molecular complexity index is 815. The van der Waals surface area contributed by atoms with E-state index in [0.717, 1.165) is 55.3 Å². The number of alkyl halides is 3. The van der Waals surface area contributed by atoms with Crippen molar-refractivity contribution in [2.24, 2.45) is 10.2 Å². The molecule has 0 aromatic heterocycles. The van der Waals surface area contributed by atoms with Crippen molar-refractivity contribution < 1.29 is 22.8 Å². The van der Waals surface area contributed by atoms with Crippen LogP contribution in [0.1, 0.15) is 44.1 Å². The summed E-state index contributed by atoms with van der Waals surface area (Å²) >= 11 is 1.10. The highest BCUT2D eigenvalue weighted by Crippen LogP contribution is 2.31. The minimum Gasteiger partial charge on any atom is -0.326 e. The molecule has 0 bridgehead atoms. The fraction of sp³-hybridized carbons (Fsp3) is 0.444. The minimum absolute atomic E-state index is 0.0285. The van der Waals surface area contributed by atoms with Gasteiger partial charge in [-0.25, -0.2) is 0 Å². The number of nitrogens with zero attached hydrogens (tertiary/aromatic N) is 2. The third-order valence-corrected chi connectivity index (χ3v) is 5.41. The van der Waals surface area contributed by atoms with Crippen molar-refractivity contribution in [1.82, 2.24) is 5.32 Å². The molecule has 2 amide bonds. The molecule has 1 saturated heterocycles. The van der Waals surface area contributed by atoms with Crippen LogP contribution in [0.4, 0.5) is 18.9 Å². The lowest BCUT2D eigenvalue weighted by Gasteiger charge is -2.10. The summed E-state index contributed by atoms with van der Waals surface area (Å²) < 4.78 is 38.2. The fourth-order valence-electron chi connectivity index (χ4n) is 2.92. The topological polar surface area (TPSA) is 82.9 Å². The molecule has 28 heavy (non-hydrogen) atoms. The molecule has 10 heteroatoms. The zero-order chi connectivity index (χ0) is 20.1. The Labute approximate surface area is 164 Å². The number of carbonyl (C=O) groups is 2. The largest absolute Gasteiger partial charge is 0.416 e. The SMILES string of the molecule is O=C(C[C@@H]1S/C(=N/N=C2CCCCC2)NC1=O)Nc1cccc(C(F)(F)F)c1. The van der Waals surface area contributed by atoms with Gasteiger partial charge in [0.25, 0.3) is 0 Å². The van der Waals surface area contributed by atoms with Crippen molar-refractivity contribution in [2.45, 2.75) is 50.0 Å². The summed E-state index contributed by atoms with van der Waals surface area (Å²) in [5.74, 6) is -0.918. The van der Waals surface area contributed by atoms with Gasteiger partial charge in [0.05, 0.1) is 5.56 Å². The van der Waals surface area contributed by atoms with Crippen molar-refractivity contribution >= 4 is 40.1 Å². The quantitative estimate of drug-likeness (QED) is 0.735. The fourth-order valence-corrected chi connectivity index (χ4v) is 3.83. The van der Waals surface area contributed by atoms with Crippen LogP contribution < -0.4 is 10.6 Å². The molecule has 2 fully saturated rings. The molecule has 1 aromatic carbocycles. The zero-order valence-electron chi connectivity index (χ0n) is 14.9. The monoisotopic (exact) mass is 412 g/mol. The van der Waals surface area contributed by atoms with E-state index in [2.05, 4.69) is 20.8 Å². The predicted molar refractivity (Wildman–Crippen MR) is 102 cm³/mol. The molecular weight excluding hydrogens is 393 g/mol. The van der Waals surface area contributed by atoms with Gasteiger partial charge in [0.1, 0.15) is 5.25 Å². The lowest BCUT2D eigenvalue weighted by molar-refractivity contribution is -0.137. The van der Waals surface area contributed by atoms with E-state index in [4.69, 9.17) is 0 Å². The number of hydrogen-bond donors (Lipinski definition) is 2. The summed E-state index contributed by atoms with van der Waals surface area (Å²) in [6.45, 7) is 0. The summed E-state index contributed by atoms with van der Waals surface area (Å²) in [7, 11) is 0. The first kappa shape index (κ1) is 20.4. The Kier molecular flexibility index (Phi) is 6.38. The third kappa shape index (κ3) is 5.57. The second-order valence-electron chi connectivity index (χ2n) is 6.56. The number of amidine groups is 1. The number of amides is 2. The van der Waals surface area contributed by atoms with Crippen LogP contribution in [-0.4, -0.2) is 27.9 Å². The van der Waals surface area contributed by atoms with Crippen LogP contribution in [0.3, 0.4) is 0 Å². The second kappa shape index (κ2) is 8.76. The average molecular weight is 412 g/mol. The van der Waals surface area contributed by atoms with E-state index >= 15 is 0 Å². The zero-order valence-corrected chi connectivity index (χ0v) is 15.7. The molecule has 2 N–H and O–H groups in total. The van der Waals surface area contributed by atoms with E-state index < -0.39 is 22.9 Å². The maximum atomic E-state index is 12.7. The molecule has 1 aliphatic heterocycles. The Morgan fingerprint density at radius 1 is 1.21 bits per heavy atom. The second-order valence-corrected chi connectivity index (χ2v) is 7.75. The Hall–Kier alpha value is -2.36. The molecule has 1 heterocycles. The van der Waals surface area contributed by atoms with Crippen LogP contribution in [0.15, 0.2) is 34.5 Å². The van der Waals surface area contributed by atoms with Gasteiger partial charge in [0, 0.05) is 17.8 Å². The Balaban J connectivity index is 1.56. The van der Waals surface area contributed by atoms with Gasteiger partial charge in [-0.15, -0.1) is 5.10 Å². The number of hydrogen-bond acceptors (Lipinski definition) is 5. The number of carbonyl (C=O) groups excluding carboxylic acids is 2. The van der Waals surface area contributed by atoms with Crippen molar-refractivity contribution in [1.29, 1.82) is 0 Å². The van der Waals surface area contributed by atoms with Crippen LogP contribution in [0.5, 0.6) is 0 Å². The van der Waals surface area contributed by atoms with Gasteiger partial charge in [-0.05, 0) is 43.9 Å². The maximum absolute atomic E-state index is 12.7. The average Bonchev–Trinajstić information content (AvgIpc) is 3.00. The molecule has 1 aromatic rings. The number of thioether (sulfide) groups is 1. The van der Waals surface area contributed by atoms with Gasteiger partial charge >= 0.3 is 6.18 Å². The molecule has 3 rings (SSSR count). The van der Waals surface area contributed by atoms with Gasteiger partial charge in [0.15, 0.2) is 5.17 Å². The first-order chi connectivity index (χ1) is 13.3. The van der Waals surface area contributed by atoms with Gasteiger partial charge in [-0.2, -0.15) is 18.3 Å². The van der Waals surface area contributed by atoms with Crippen LogP contribution >= 0.6 is 11.8 Å². The molecule has 1 saturated carbocycles. The van der Waals surface area contributed by atoms with Crippen LogP contribution in [-0.2, 0) is 15.8 Å². The van der Waals surface area contributed by atoms with Crippen molar-refractivity contribution in [3.63, 3.8) is 0 Å². The third-order valence-electron chi connectivity index (χ3n) is 4.33. The number of anilines is 1. The summed E-state index contributed by atoms with van der Waals surface area (Å²) in [5.41, 5.74) is 0.176. The predicted octanol–water partition coefficient (Wildman–Crippen LogP) is 3.94. The van der Waals surface area contributed by atoms with Crippen molar-refractivity contribution in [3.05, 3.63) is 29.8 Å². The van der Waals surface area contributed by atoms with Crippen LogP contribution in [0, 0.1) is 0 Å². The van der Waals surface area contributed by atoms with Crippen molar-refractivity contribution in [2.75, 3.05) is 5.32 Å². The number of benzene rings is 1. The number of halogens is 3. The van der Waals surface area contributed by atoms with Crippen LogP contribution in [0.25, 0.3) is 0 Å². The summed E-state index contributed by atoms with van der Waals surface area (Å²) in [5, 5.41) is 12.8. The molecule has 0 radical (unpaired) electrons. The summed E-state index contributed by atoms with van der Waals surface area (Å²) in [4.78, 5) is 24.2. The molecule has 0 unspecified atom stereocenters. The lowest BCUT2D eigenvalue weighted by atomic mass is 9.99. The van der Waals surface area contributed by atoms with Gasteiger partial charge < -0.3 is 10.6 Å². The maximum Gasteiger partial charge on any atom is 0.416 e. The Morgan fingerprint density at radius 2 is 1.96 bits per heavy atom. The molecule has 2 aliphatic rings. The van der Waals surface area contributed by atoms with E-state index in [1.54, 1.807) is 0 Å². The van der Waals surface area contributed by atoms with E-state index in [-0.39, 0.29) is 18.0 Å². The Morgan fingerprint density at radius 3 is 2.68 bits per heavy atom. The summed E-state index contributed by atoms with van der Waals surface area (Å²) in [6.07, 6.45) is 0.485. The molecule has 1 aliphatic carbocycles. The number of rotatable bonds is 4. The van der Waals surface area contributed by atoms with E-state index in [0.29, 0.717) is 5.17 Å². The van der Waals surface area contributed by atoms with E-state index in [9.17, 15) is 22.8 Å². The highest BCUT2D eigenvalue weighted by atomic mass is 32.2. The highest BCUT2D eigenvalue weighted by molar-refractivity contribution is 8.15.